The van der Waals surface area contributed by atoms with E-state index in [1.807, 2.05) is 6.07 Å². The lowest BCUT2D eigenvalue weighted by molar-refractivity contribution is 0.620. The highest BCUT2D eigenvalue weighted by Crippen LogP contribution is 2.38. The molecule has 1 fully saturated rings. The Morgan fingerprint density at radius 2 is 2.20 bits per heavy atom. The molecule has 0 N–H and O–H groups in total. The Kier molecular flexibility index (Phi) is 3.79. The summed E-state index contributed by atoms with van der Waals surface area (Å²) in [4.78, 5) is 0.686. The summed E-state index contributed by atoms with van der Waals surface area (Å²) in [6, 6.07) is 6.93. The minimum atomic E-state index is -0.120. The number of hydrogen-bond donors (Lipinski definition) is 0. The van der Waals surface area contributed by atoms with E-state index in [0.29, 0.717) is 4.83 Å². The smallest absolute Gasteiger partial charge is 0.123 e. The average Bonchev–Trinajstić information content (AvgIpc) is 3.00. The summed E-state index contributed by atoms with van der Waals surface area (Å²) in [5, 5.41) is 0. The standard InChI is InChI=1S/C13H16BrF/c14-13(11-7-8-11)6-2-4-10-3-1-5-12(15)9-10/h1,3,5,9,11,13H,2,4,6-8H2. The second-order valence-corrected chi connectivity index (χ2v) is 5.55. The van der Waals surface area contributed by atoms with Crippen LogP contribution in [0.3, 0.4) is 0 Å². The zero-order valence-electron chi connectivity index (χ0n) is 8.76. The molecule has 0 bridgehead atoms. The average molecular weight is 271 g/mol. The Hall–Kier alpha value is -0.370. The largest absolute Gasteiger partial charge is 0.207 e. The lowest BCUT2D eigenvalue weighted by atomic mass is 10.1. The molecule has 0 radical (unpaired) electrons. The molecule has 1 aliphatic carbocycles. The van der Waals surface area contributed by atoms with Crippen molar-refractivity contribution < 1.29 is 4.39 Å². The Morgan fingerprint density at radius 3 is 2.87 bits per heavy atom. The monoisotopic (exact) mass is 270 g/mol. The maximum atomic E-state index is 12.9. The van der Waals surface area contributed by atoms with Crippen molar-refractivity contribution >= 4 is 15.9 Å². The van der Waals surface area contributed by atoms with Crippen molar-refractivity contribution in [2.24, 2.45) is 5.92 Å². The number of benzene rings is 1. The summed E-state index contributed by atoms with van der Waals surface area (Å²) in [5.41, 5.74) is 1.12. The predicted molar refractivity (Wildman–Crippen MR) is 64.8 cm³/mol. The summed E-state index contributed by atoms with van der Waals surface area (Å²) < 4.78 is 12.9. The first kappa shape index (κ1) is 11.1. The normalized spacial score (nSPS) is 17.7. The van der Waals surface area contributed by atoms with E-state index in [1.165, 1.54) is 25.3 Å². The number of aryl methyl sites for hydroxylation is 1. The van der Waals surface area contributed by atoms with Gasteiger partial charge in [0.25, 0.3) is 0 Å². The predicted octanol–water partition coefficient (Wildman–Crippen LogP) is 4.32. The molecule has 15 heavy (non-hydrogen) atoms. The van der Waals surface area contributed by atoms with Gasteiger partial charge in [-0.25, -0.2) is 4.39 Å². The molecule has 1 saturated carbocycles. The van der Waals surface area contributed by atoms with Crippen molar-refractivity contribution in [2.45, 2.75) is 36.9 Å². The van der Waals surface area contributed by atoms with Gasteiger partial charge in [0, 0.05) is 4.83 Å². The van der Waals surface area contributed by atoms with Crippen LogP contribution in [0.2, 0.25) is 0 Å². The van der Waals surface area contributed by atoms with Gasteiger partial charge in [0.2, 0.25) is 0 Å². The second kappa shape index (κ2) is 5.11. The van der Waals surface area contributed by atoms with E-state index in [4.69, 9.17) is 0 Å². The van der Waals surface area contributed by atoms with Gasteiger partial charge < -0.3 is 0 Å². The first-order valence-electron chi connectivity index (χ1n) is 5.64. The van der Waals surface area contributed by atoms with Gasteiger partial charge in [-0.2, -0.15) is 0 Å². The highest BCUT2D eigenvalue weighted by atomic mass is 79.9. The molecule has 0 nitrogen and oxygen atoms in total. The molecule has 0 aromatic heterocycles. The lowest BCUT2D eigenvalue weighted by Crippen LogP contribution is -2.00. The van der Waals surface area contributed by atoms with Gasteiger partial charge in [-0.3, -0.25) is 0 Å². The molecule has 0 amide bonds. The Bertz CT molecular complexity index is 320. The molecular weight excluding hydrogens is 255 g/mol. The molecule has 0 aliphatic heterocycles. The van der Waals surface area contributed by atoms with Crippen LogP contribution in [0.4, 0.5) is 4.39 Å². The highest BCUT2D eigenvalue weighted by molar-refractivity contribution is 9.09. The zero-order valence-corrected chi connectivity index (χ0v) is 10.3. The molecule has 1 aromatic rings. The van der Waals surface area contributed by atoms with E-state index in [0.717, 1.165) is 24.3 Å². The fourth-order valence-corrected chi connectivity index (χ4v) is 2.74. The van der Waals surface area contributed by atoms with E-state index in [1.54, 1.807) is 12.1 Å². The fraction of sp³-hybridized carbons (Fsp3) is 0.538. The minimum absolute atomic E-state index is 0.120. The van der Waals surface area contributed by atoms with Crippen LogP contribution in [0.15, 0.2) is 24.3 Å². The Balaban J connectivity index is 1.73. The molecule has 1 aromatic carbocycles. The molecule has 0 saturated heterocycles. The third kappa shape index (κ3) is 3.60. The summed E-state index contributed by atoms with van der Waals surface area (Å²) >= 11 is 3.72. The summed E-state index contributed by atoms with van der Waals surface area (Å²) in [6.45, 7) is 0. The van der Waals surface area contributed by atoms with Crippen LogP contribution in [0, 0.1) is 11.7 Å². The van der Waals surface area contributed by atoms with E-state index >= 15 is 0 Å². The minimum Gasteiger partial charge on any atom is -0.207 e. The SMILES string of the molecule is Fc1cccc(CCCC(Br)C2CC2)c1. The molecule has 1 unspecified atom stereocenters. The molecule has 1 aliphatic rings. The van der Waals surface area contributed by atoms with E-state index < -0.39 is 0 Å². The van der Waals surface area contributed by atoms with Gasteiger partial charge in [-0.05, 0) is 55.7 Å². The molecule has 0 heterocycles. The van der Waals surface area contributed by atoms with Gasteiger partial charge >= 0.3 is 0 Å². The fourth-order valence-electron chi connectivity index (χ4n) is 1.89. The van der Waals surface area contributed by atoms with Gasteiger partial charge in [0.15, 0.2) is 0 Å². The van der Waals surface area contributed by atoms with Crippen LogP contribution in [0.25, 0.3) is 0 Å². The summed E-state index contributed by atoms with van der Waals surface area (Å²) in [7, 11) is 0. The third-order valence-electron chi connectivity index (χ3n) is 2.97. The van der Waals surface area contributed by atoms with Crippen molar-refractivity contribution in [1.82, 2.24) is 0 Å². The van der Waals surface area contributed by atoms with Crippen molar-refractivity contribution in [3.05, 3.63) is 35.6 Å². The quantitative estimate of drug-likeness (QED) is 0.699. The van der Waals surface area contributed by atoms with Gasteiger partial charge in [0.05, 0.1) is 0 Å². The highest BCUT2D eigenvalue weighted by Gasteiger charge is 2.28. The van der Waals surface area contributed by atoms with Crippen LogP contribution < -0.4 is 0 Å². The summed E-state index contributed by atoms with van der Waals surface area (Å²) in [6.07, 6.45) is 6.12. The van der Waals surface area contributed by atoms with Crippen LogP contribution in [-0.2, 0) is 6.42 Å². The van der Waals surface area contributed by atoms with E-state index in [2.05, 4.69) is 15.9 Å². The Morgan fingerprint density at radius 1 is 1.40 bits per heavy atom. The molecule has 0 spiro atoms. The molecule has 1 atom stereocenters. The van der Waals surface area contributed by atoms with Crippen LogP contribution >= 0.6 is 15.9 Å². The maximum Gasteiger partial charge on any atom is 0.123 e. The van der Waals surface area contributed by atoms with Gasteiger partial charge in [0.1, 0.15) is 5.82 Å². The van der Waals surface area contributed by atoms with Crippen LogP contribution in [0.1, 0.15) is 31.2 Å². The van der Waals surface area contributed by atoms with Gasteiger partial charge in [-0.1, -0.05) is 28.1 Å². The third-order valence-corrected chi connectivity index (χ3v) is 4.17. The molecular formula is C13H16BrF. The van der Waals surface area contributed by atoms with Gasteiger partial charge in [-0.15, -0.1) is 0 Å². The molecule has 2 heteroatoms. The Labute approximate surface area is 99.0 Å². The van der Waals surface area contributed by atoms with Crippen molar-refractivity contribution in [2.75, 3.05) is 0 Å². The van der Waals surface area contributed by atoms with E-state index in [9.17, 15) is 4.39 Å². The van der Waals surface area contributed by atoms with Crippen molar-refractivity contribution in [1.29, 1.82) is 0 Å². The lowest BCUT2D eigenvalue weighted by Gasteiger charge is -2.07. The van der Waals surface area contributed by atoms with Crippen LogP contribution in [-0.4, -0.2) is 4.83 Å². The van der Waals surface area contributed by atoms with Crippen molar-refractivity contribution in [3.63, 3.8) is 0 Å². The first-order chi connectivity index (χ1) is 7.25. The number of halogens is 2. The number of rotatable bonds is 5. The zero-order chi connectivity index (χ0) is 10.7. The maximum absolute atomic E-state index is 12.9. The molecule has 2 rings (SSSR count). The molecule has 82 valence electrons. The first-order valence-corrected chi connectivity index (χ1v) is 6.56. The van der Waals surface area contributed by atoms with Crippen molar-refractivity contribution in [3.8, 4) is 0 Å². The summed E-state index contributed by atoms with van der Waals surface area (Å²) in [5.74, 6) is 0.794. The second-order valence-electron chi connectivity index (χ2n) is 4.38. The van der Waals surface area contributed by atoms with E-state index in [-0.39, 0.29) is 5.82 Å². The number of hydrogen-bond acceptors (Lipinski definition) is 0. The number of alkyl halides is 1. The topological polar surface area (TPSA) is 0 Å². The van der Waals surface area contributed by atoms with Crippen LogP contribution in [0.5, 0.6) is 0 Å².